The van der Waals surface area contributed by atoms with E-state index in [-0.39, 0.29) is 17.1 Å². The lowest BCUT2D eigenvalue weighted by atomic mass is 10.0. The summed E-state index contributed by atoms with van der Waals surface area (Å²) in [4.78, 5) is 43.7. The van der Waals surface area contributed by atoms with Crippen molar-refractivity contribution >= 4 is 16.9 Å². The van der Waals surface area contributed by atoms with E-state index in [9.17, 15) is 14.4 Å². The van der Waals surface area contributed by atoms with Crippen LogP contribution in [0.2, 0.25) is 0 Å². The number of likely N-dealkylation sites (tertiary alicyclic amines) is 1. The van der Waals surface area contributed by atoms with E-state index in [1.54, 1.807) is 20.0 Å². The number of pyridine rings is 1. The molecule has 2 aliphatic rings. The molecule has 2 aromatic rings. The van der Waals surface area contributed by atoms with Crippen molar-refractivity contribution in [3.63, 3.8) is 0 Å². The predicted molar refractivity (Wildman–Crippen MR) is 92.7 cm³/mol. The predicted octanol–water partition coefficient (Wildman–Crippen LogP) is -0.768. The van der Waals surface area contributed by atoms with E-state index in [1.807, 2.05) is 4.90 Å². The second kappa shape index (κ2) is 5.52. The molecule has 0 aromatic carbocycles. The summed E-state index contributed by atoms with van der Waals surface area (Å²) in [5.41, 5.74) is 0.379. The number of hydrogen-bond acceptors (Lipinski definition) is 5. The summed E-state index contributed by atoms with van der Waals surface area (Å²) in [5.74, 6) is 0.872. The molecule has 4 heterocycles. The zero-order valence-corrected chi connectivity index (χ0v) is 14.6. The maximum Gasteiger partial charge on any atom is 0.332 e. The van der Waals surface area contributed by atoms with Crippen LogP contribution < -0.4 is 16.6 Å². The highest BCUT2D eigenvalue weighted by molar-refractivity contribution is 5.95. The highest BCUT2D eigenvalue weighted by atomic mass is 16.2. The van der Waals surface area contributed by atoms with Gasteiger partial charge in [-0.15, -0.1) is 0 Å². The minimum absolute atomic E-state index is 0.132. The highest BCUT2D eigenvalue weighted by Crippen LogP contribution is 2.27. The van der Waals surface area contributed by atoms with Gasteiger partial charge in [0.15, 0.2) is 0 Å². The highest BCUT2D eigenvalue weighted by Gasteiger charge is 2.38. The van der Waals surface area contributed by atoms with E-state index >= 15 is 0 Å². The lowest BCUT2D eigenvalue weighted by molar-refractivity contribution is 0.0776. The average molecular weight is 343 g/mol. The molecule has 0 unspecified atom stereocenters. The molecule has 25 heavy (non-hydrogen) atoms. The van der Waals surface area contributed by atoms with Crippen LogP contribution in [0.25, 0.3) is 11.0 Å². The van der Waals surface area contributed by atoms with Gasteiger partial charge in [0.2, 0.25) is 0 Å². The molecule has 0 aliphatic carbocycles. The summed E-state index contributed by atoms with van der Waals surface area (Å²) >= 11 is 0. The Bertz CT molecular complexity index is 994. The number of carbonyl (C=O) groups excluding carboxylic acids is 1. The first kappa shape index (κ1) is 16.0. The third-order valence-corrected chi connectivity index (χ3v) is 5.50. The van der Waals surface area contributed by atoms with Crippen LogP contribution in [0.1, 0.15) is 16.1 Å². The van der Waals surface area contributed by atoms with Crippen LogP contribution in [0, 0.1) is 18.8 Å². The summed E-state index contributed by atoms with van der Waals surface area (Å²) in [5, 5.41) is 3.73. The molecule has 0 spiro atoms. The Morgan fingerprint density at radius 1 is 1.16 bits per heavy atom. The second-order valence-corrected chi connectivity index (χ2v) is 7.12. The molecule has 0 radical (unpaired) electrons. The van der Waals surface area contributed by atoms with Crippen LogP contribution in [-0.2, 0) is 14.1 Å². The molecular weight excluding hydrogens is 322 g/mol. The van der Waals surface area contributed by atoms with Crippen molar-refractivity contribution in [2.24, 2.45) is 25.9 Å². The molecule has 0 bridgehead atoms. The number of amides is 1. The number of hydrogen-bond donors (Lipinski definition) is 1. The van der Waals surface area contributed by atoms with Crippen molar-refractivity contribution in [3.8, 4) is 0 Å². The van der Waals surface area contributed by atoms with E-state index in [0.717, 1.165) is 30.7 Å². The van der Waals surface area contributed by atoms with Crippen LogP contribution in [0.3, 0.4) is 0 Å². The summed E-state index contributed by atoms with van der Waals surface area (Å²) in [6.45, 7) is 5.12. The van der Waals surface area contributed by atoms with E-state index in [4.69, 9.17) is 0 Å². The first-order chi connectivity index (χ1) is 11.9. The average Bonchev–Trinajstić information content (AvgIpc) is 3.18. The van der Waals surface area contributed by atoms with Crippen molar-refractivity contribution in [2.75, 3.05) is 26.2 Å². The van der Waals surface area contributed by atoms with Crippen molar-refractivity contribution in [3.05, 3.63) is 38.2 Å². The fourth-order valence-electron chi connectivity index (χ4n) is 4.03. The number of carbonyl (C=O) groups is 1. The van der Waals surface area contributed by atoms with Gasteiger partial charge in [0.25, 0.3) is 11.5 Å². The van der Waals surface area contributed by atoms with Gasteiger partial charge < -0.3 is 10.2 Å². The van der Waals surface area contributed by atoms with Crippen LogP contribution in [-0.4, -0.2) is 51.1 Å². The van der Waals surface area contributed by atoms with Crippen molar-refractivity contribution in [1.82, 2.24) is 24.3 Å². The smallest absolute Gasteiger partial charge is 0.332 e. The Balaban J connectivity index is 1.80. The molecule has 2 aromatic heterocycles. The van der Waals surface area contributed by atoms with Gasteiger partial charge in [0, 0.05) is 40.3 Å². The van der Waals surface area contributed by atoms with E-state index in [0.29, 0.717) is 28.5 Å². The lowest BCUT2D eigenvalue weighted by Gasteiger charge is -2.18. The van der Waals surface area contributed by atoms with E-state index in [1.165, 1.54) is 11.6 Å². The Morgan fingerprint density at radius 3 is 2.44 bits per heavy atom. The molecule has 8 heteroatoms. The Labute approximate surface area is 144 Å². The van der Waals surface area contributed by atoms with E-state index < -0.39 is 5.69 Å². The third-order valence-electron chi connectivity index (χ3n) is 5.50. The second-order valence-electron chi connectivity index (χ2n) is 7.12. The Morgan fingerprint density at radius 2 is 1.80 bits per heavy atom. The third kappa shape index (κ3) is 2.31. The van der Waals surface area contributed by atoms with Crippen molar-refractivity contribution in [2.45, 2.75) is 6.92 Å². The standard InChI is InChI=1S/C17H21N5O3/c1-9-4-12(15(23)22-7-10-5-18-6-11(10)8-22)19-14-13(9)16(24)21(3)17(25)20(14)2/h4,10-11,18H,5-8H2,1-3H3/t10-,11+. The van der Waals surface area contributed by atoms with Crippen LogP contribution in [0.15, 0.2) is 15.7 Å². The van der Waals surface area contributed by atoms with E-state index in [2.05, 4.69) is 10.3 Å². The summed E-state index contributed by atoms with van der Waals surface area (Å²) in [6, 6.07) is 1.66. The largest absolute Gasteiger partial charge is 0.337 e. The number of nitrogens with one attached hydrogen (secondary N) is 1. The monoisotopic (exact) mass is 343 g/mol. The first-order valence-electron chi connectivity index (χ1n) is 8.46. The summed E-state index contributed by atoms with van der Waals surface area (Å²) < 4.78 is 2.39. The molecule has 0 saturated carbocycles. The van der Waals surface area contributed by atoms with Gasteiger partial charge >= 0.3 is 5.69 Å². The quantitative estimate of drug-likeness (QED) is 0.735. The van der Waals surface area contributed by atoms with Crippen LogP contribution >= 0.6 is 0 Å². The van der Waals surface area contributed by atoms with Gasteiger partial charge in [-0.05, 0) is 30.4 Å². The minimum atomic E-state index is -0.448. The molecule has 8 nitrogen and oxygen atoms in total. The molecule has 2 saturated heterocycles. The fraction of sp³-hybridized carbons (Fsp3) is 0.529. The SMILES string of the molecule is Cc1cc(C(=O)N2C[C@H]3CNC[C@H]3C2)nc2c1c(=O)n(C)c(=O)n2C. The van der Waals surface area contributed by atoms with Crippen LogP contribution in [0.5, 0.6) is 0 Å². The van der Waals surface area contributed by atoms with Crippen LogP contribution in [0.4, 0.5) is 0 Å². The molecular formula is C17H21N5O3. The summed E-state index contributed by atoms with van der Waals surface area (Å²) in [7, 11) is 3.01. The van der Waals surface area contributed by atoms with Gasteiger partial charge in [-0.3, -0.25) is 18.7 Å². The Kier molecular flexibility index (Phi) is 3.54. The number of nitrogens with zero attached hydrogens (tertiary/aromatic N) is 4. The zero-order valence-electron chi connectivity index (χ0n) is 14.6. The molecule has 1 amide bonds. The zero-order chi connectivity index (χ0) is 17.9. The minimum Gasteiger partial charge on any atom is -0.337 e. The van der Waals surface area contributed by atoms with Crippen molar-refractivity contribution < 1.29 is 4.79 Å². The van der Waals surface area contributed by atoms with Crippen molar-refractivity contribution in [1.29, 1.82) is 0 Å². The number of fused-ring (bicyclic) bond motifs is 2. The lowest BCUT2D eigenvalue weighted by Crippen LogP contribution is -2.38. The molecule has 2 atom stereocenters. The maximum atomic E-state index is 12.9. The van der Waals surface area contributed by atoms with Gasteiger partial charge in [-0.2, -0.15) is 0 Å². The summed E-state index contributed by atoms with van der Waals surface area (Å²) in [6.07, 6.45) is 0. The maximum absolute atomic E-state index is 12.9. The molecule has 132 valence electrons. The van der Waals surface area contributed by atoms with Gasteiger partial charge in [0.1, 0.15) is 11.3 Å². The molecule has 4 rings (SSSR count). The number of aryl methyl sites for hydroxylation is 2. The molecule has 2 aliphatic heterocycles. The topological polar surface area (TPSA) is 89.2 Å². The van der Waals surface area contributed by atoms with Gasteiger partial charge in [0.05, 0.1) is 5.39 Å². The molecule has 2 fully saturated rings. The molecule has 1 N–H and O–H groups in total. The van der Waals surface area contributed by atoms with Gasteiger partial charge in [-0.25, -0.2) is 9.78 Å². The fourth-order valence-corrected chi connectivity index (χ4v) is 4.03. The number of rotatable bonds is 1. The number of aromatic nitrogens is 3. The normalized spacial score (nSPS) is 22.6. The first-order valence-corrected chi connectivity index (χ1v) is 8.46. The van der Waals surface area contributed by atoms with Gasteiger partial charge in [-0.1, -0.05) is 0 Å². The Hall–Kier alpha value is -2.48.